The maximum Gasteiger partial charge on any atom is 0.416 e. The summed E-state index contributed by atoms with van der Waals surface area (Å²) >= 11 is 0. The molecule has 3 aromatic rings. The maximum atomic E-state index is 12.8. The molecule has 0 atom stereocenters. The number of alkyl halides is 3. The van der Waals surface area contributed by atoms with Gasteiger partial charge in [0.05, 0.1) is 24.3 Å². The van der Waals surface area contributed by atoms with Gasteiger partial charge >= 0.3 is 12.1 Å². The van der Waals surface area contributed by atoms with Gasteiger partial charge in [-0.05, 0) is 36.4 Å². The van der Waals surface area contributed by atoms with Crippen LogP contribution in [0.3, 0.4) is 0 Å². The second-order valence-electron chi connectivity index (χ2n) is 6.95. The van der Waals surface area contributed by atoms with Crippen LogP contribution in [0.1, 0.15) is 29.3 Å². The van der Waals surface area contributed by atoms with Crippen LogP contribution in [0.4, 0.5) is 13.2 Å². The molecule has 0 bridgehead atoms. The third-order valence-corrected chi connectivity index (χ3v) is 4.43. The van der Waals surface area contributed by atoms with E-state index in [4.69, 9.17) is 19.9 Å². The Morgan fingerprint density at radius 1 is 1.00 bits per heavy atom. The summed E-state index contributed by atoms with van der Waals surface area (Å²) in [6.07, 6.45) is -1.30. The predicted molar refractivity (Wildman–Crippen MR) is 114 cm³/mol. The van der Waals surface area contributed by atoms with Gasteiger partial charge in [0, 0.05) is 31.3 Å². The standard InChI is InChI=1S/C23H20F3N3O5/c1-14(30)32-11-2-12-33-19-13-15(3-8-18(19)21(27)31)20-22(29-10-9-28-20)34-17-6-4-16(5-7-17)23(24,25)26/h3-10,13H,2,11-12H2,1H3,(H2,27,31). The molecule has 8 nitrogen and oxygen atoms in total. The lowest BCUT2D eigenvalue weighted by Gasteiger charge is -2.13. The van der Waals surface area contributed by atoms with E-state index in [-0.39, 0.29) is 41.9 Å². The molecule has 0 fully saturated rings. The molecule has 0 aliphatic rings. The second kappa shape index (κ2) is 10.6. The topological polar surface area (TPSA) is 114 Å². The molecule has 34 heavy (non-hydrogen) atoms. The minimum Gasteiger partial charge on any atom is -0.493 e. The Balaban J connectivity index is 1.84. The highest BCUT2D eigenvalue weighted by Gasteiger charge is 2.30. The molecular formula is C23H20F3N3O5. The fourth-order valence-electron chi connectivity index (χ4n) is 2.87. The zero-order valence-electron chi connectivity index (χ0n) is 18.0. The first-order valence-electron chi connectivity index (χ1n) is 10.0. The average molecular weight is 475 g/mol. The molecule has 3 rings (SSSR count). The minimum atomic E-state index is -4.47. The summed E-state index contributed by atoms with van der Waals surface area (Å²) in [6.45, 7) is 1.59. The van der Waals surface area contributed by atoms with Gasteiger partial charge in [0.25, 0.3) is 5.91 Å². The SMILES string of the molecule is CC(=O)OCCCOc1cc(-c2nccnc2Oc2ccc(C(F)(F)F)cc2)ccc1C(N)=O. The number of nitrogens with two attached hydrogens (primary N) is 1. The molecule has 0 saturated carbocycles. The zero-order valence-corrected chi connectivity index (χ0v) is 18.0. The van der Waals surface area contributed by atoms with Crippen molar-refractivity contribution in [1.82, 2.24) is 9.97 Å². The molecule has 2 N–H and O–H groups in total. The van der Waals surface area contributed by atoms with Crippen LogP contribution in [0.2, 0.25) is 0 Å². The number of aromatic nitrogens is 2. The van der Waals surface area contributed by atoms with E-state index in [0.29, 0.717) is 12.0 Å². The van der Waals surface area contributed by atoms with Crippen LogP contribution >= 0.6 is 0 Å². The summed E-state index contributed by atoms with van der Waals surface area (Å²) in [5.74, 6) is -0.774. The van der Waals surface area contributed by atoms with Crippen molar-refractivity contribution >= 4 is 11.9 Å². The largest absolute Gasteiger partial charge is 0.493 e. The van der Waals surface area contributed by atoms with Gasteiger partial charge in [-0.2, -0.15) is 13.2 Å². The molecule has 178 valence electrons. The van der Waals surface area contributed by atoms with E-state index < -0.39 is 23.6 Å². The highest BCUT2D eigenvalue weighted by molar-refractivity contribution is 5.96. The minimum absolute atomic E-state index is 0.0369. The van der Waals surface area contributed by atoms with Crippen molar-refractivity contribution in [2.45, 2.75) is 19.5 Å². The number of carbonyl (C=O) groups is 2. The maximum absolute atomic E-state index is 12.8. The molecular weight excluding hydrogens is 455 g/mol. The predicted octanol–water partition coefficient (Wildman–Crippen LogP) is 4.39. The summed E-state index contributed by atoms with van der Waals surface area (Å²) in [5.41, 5.74) is 5.48. The lowest BCUT2D eigenvalue weighted by molar-refractivity contribution is -0.141. The van der Waals surface area contributed by atoms with Crippen molar-refractivity contribution in [3.05, 3.63) is 66.0 Å². The average Bonchev–Trinajstić information content (AvgIpc) is 2.78. The van der Waals surface area contributed by atoms with E-state index in [1.54, 1.807) is 6.07 Å². The van der Waals surface area contributed by atoms with Gasteiger partial charge in [-0.3, -0.25) is 9.59 Å². The Hall–Kier alpha value is -4.15. The fraction of sp³-hybridized carbons (Fsp3) is 0.217. The van der Waals surface area contributed by atoms with Crippen molar-refractivity contribution in [2.24, 2.45) is 5.73 Å². The number of halogens is 3. The van der Waals surface area contributed by atoms with Crippen molar-refractivity contribution in [2.75, 3.05) is 13.2 Å². The number of amides is 1. The molecule has 1 aromatic heterocycles. The number of primary amides is 1. The lowest BCUT2D eigenvalue weighted by Crippen LogP contribution is -2.14. The van der Waals surface area contributed by atoms with Gasteiger partial charge in [-0.1, -0.05) is 6.07 Å². The van der Waals surface area contributed by atoms with Gasteiger partial charge in [0.2, 0.25) is 5.88 Å². The fourth-order valence-corrected chi connectivity index (χ4v) is 2.87. The summed E-state index contributed by atoms with van der Waals surface area (Å²) in [7, 11) is 0. The molecule has 1 heterocycles. The summed E-state index contributed by atoms with van der Waals surface area (Å²) in [4.78, 5) is 31.0. The van der Waals surface area contributed by atoms with Gasteiger partial charge in [0.1, 0.15) is 17.2 Å². The number of carbonyl (C=O) groups excluding carboxylic acids is 2. The van der Waals surface area contributed by atoms with E-state index in [9.17, 15) is 22.8 Å². The van der Waals surface area contributed by atoms with Gasteiger partial charge in [0.15, 0.2) is 0 Å². The smallest absolute Gasteiger partial charge is 0.416 e. The van der Waals surface area contributed by atoms with E-state index in [1.807, 2.05) is 0 Å². The number of esters is 1. The first kappa shape index (κ1) is 24.5. The van der Waals surface area contributed by atoms with Crippen molar-refractivity contribution in [3.8, 4) is 28.6 Å². The monoisotopic (exact) mass is 475 g/mol. The first-order chi connectivity index (χ1) is 16.1. The molecule has 0 aliphatic carbocycles. The highest BCUT2D eigenvalue weighted by atomic mass is 19.4. The van der Waals surface area contributed by atoms with Crippen molar-refractivity contribution in [3.63, 3.8) is 0 Å². The van der Waals surface area contributed by atoms with E-state index >= 15 is 0 Å². The first-order valence-corrected chi connectivity index (χ1v) is 10.0. The Morgan fingerprint density at radius 2 is 1.71 bits per heavy atom. The van der Waals surface area contributed by atoms with E-state index in [0.717, 1.165) is 12.1 Å². The number of rotatable bonds is 9. The third kappa shape index (κ3) is 6.44. The van der Waals surface area contributed by atoms with Crippen LogP contribution in [-0.4, -0.2) is 35.1 Å². The van der Waals surface area contributed by atoms with Gasteiger partial charge in [-0.15, -0.1) is 0 Å². The molecule has 0 radical (unpaired) electrons. The second-order valence-corrected chi connectivity index (χ2v) is 6.95. The molecule has 0 saturated heterocycles. The summed E-state index contributed by atoms with van der Waals surface area (Å²) < 4.78 is 54.6. The molecule has 0 aliphatic heterocycles. The van der Waals surface area contributed by atoms with Crippen molar-refractivity contribution in [1.29, 1.82) is 0 Å². The van der Waals surface area contributed by atoms with Gasteiger partial charge in [-0.25, -0.2) is 9.97 Å². The van der Waals surface area contributed by atoms with E-state index in [2.05, 4.69) is 9.97 Å². The number of hydrogen-bond acceptors (Lipinski definition) is 7. The number of benzene rings is 2. The van der Waals surface area contributed by atoms with Crippen LogP contribution in [0, 0.1) is 0 Å². The number of hydrogen-bond donors (Lipinski definition) is 1. The van der Waals surface area contributed by atoms with Crippen LogP contribution in [-0.2, 0) is 15.7 Å². The Kier molecular flexibility index (Phi) is 7.67. The Morgan fingerprint density at radius 3 is 2.35 bits per heavy atom. The van der Waals surface area contributed by atoms with Crippen LogP contribution in [0.15, 0.2) is 54.9 Å². The van der Waals surface area contributed by atoms with Crippen LogP contribution in [0.5, 0.6) is 17.4 Å². The van der Waals surface area contributed by atoms with Crippen molar-refractivity contribution < 1.29 is 37.0 Å². The van der Waals surface area contributed by atoms with E-state index in [1.165, 1.54) is 43.6 Å². The quantitative estimate of drug-likeness (QED) is 0.361. The molecule has 0 unspecified atom stereocenters. The summed E-state index contributed by atoms with van der Waals surface area (Å²) in [5, 5.41) is 0. The lowest BCUT2D eigenvalue weighted by atomic mass is 10.1. The zero-order chi connectivity index (χ0) is 24.7. The van der Waals surface area contributed by atoms with Crippen LogP contribution < -0.4 is 15.2 Å². The highest BCUT2D eigenvalue weighted by Crippen LogP contribution is 2.34. The van der Waals surface area contributed by atoms with Gasteiger partial charge < -0.3 is 19.9 Å². The molecule has 1 amide bonds. The molecule has 2 aromatic carbocycles. The number of nitrogens with zero attached hydrogens (tertiary/aromatic N) is 2. The molecule has 0 spiro atoms. The Bertz CT molecular complexity index is 1170. The summed E-state index contributed by atoms with van der Waals surface area (Å²) in [6, 6.07) is 8.69. The molecule has 11 heteroatoms. The third-order valence-electron chi connectivity index (χ3n) is 4.43. The normalized spacial score (nSPS) is 11.1. The Labute approximate surface area is 192 Å². The van der Waals surface area contributed by atoms with Crippen LogP contribution in [0.25, 0.3) is 11.3 Å². The number of ether oxygens (including phenoxy) is 3.